The smallest absolute Gasteiger partial charge is 0.363 e. The molecule has 3 aromatic carbocycles. The van der Waals surface area contributed by atoms with Crippen LogP contribution in [0.4, 0.5) is 0 Å². The fraction of sp³-hybridized carbons (Fsp3) is 0.0435. The summed E-state index contributed by atoms with van der Waals surface area (Å²) in [6, 6.07) is 22.4. The van der Waals surface area contributed by atoms with Gasteiger partial charge in [0.05, 0.1) is 5.56 Å². The lowest BCUT2D eigenvalue weighted by atomic mass is 10.1. The van der Waals surface area contributed by atoms with Gasteiger partial charge in [-0.3, -0.25) is 0 Å². The molecule has 0 saturated heterocycles. The molecule has 0 atom stereocenters. The van der Waals surface area contributed by atoms with E-state index in [1.165, 1.54) is 0 Å². The van der Waals surface area contributed by atoms with Gasteiger partial charge >= 0.3 is 5.97 Å². The van der Waals surface area contributed by atoms with Crippen molar-refractivity contribution < 1.29 is 14.3 Å². The second-order valence-corrected chi connectivity index (χ2v) is 7.56. The first-order valence-corrected chi connectivity index (χ1v) is 10.0. The molecule has 0 unspecified atom stereocenters. The lowest BCUT2D eigenvalue weighted by molar-refractivity contribution is -0.129. The summed E-state index contributed by atoms with van der Waals surface area (Å²) in [7, 11) is 0. The van der Waals surface area contributed by atoms with Crippen LogP contribution in [0.1, 0.15) is 16.7 Å². The average molecular weight is 469 g/mol. The third kappa shape index (κ3) is 4.58. The predicted molar refractivity (Wildman–Crippen MR) is 117 cm³/mol. The number of hydrogen-bond donors (Lipinski definition) is 0. The Hall–Kier alpha value is -2.89. The van der Waals surface area contributed by atoms with Crippen molar-refractivity contribution in [1.82, 2.24) is 0 Å². The van der Waals surface area contributed by atoms with Crippen molar-refractivity contribution in [3.05, 3.63) is 105 Å². The first kappa shape index (κ1) is 19.4. The molecule has 1 aliphatic heterocycles. The number of nitrogens with zero attached hydrogens (tertiary/aromatic N) is 1. The number of halogens is 2. The molecule has 0 radical (unpaired) electrons. The third-order valence-corrected chi connectivity index (χ3v) is 5.19. The SMILES string of the molecule is O=C1OC(c2ccccc2Br)=N/C1=C\c1ccccc1OCc1ccc(Cl)cc1. The third-order valence-electron chi connectivity index (χ3n) is 4.24. The van der Waals surface area contributed by atoms with Crippen LogP contribution in [0.25, 0.3) is 6.08 Å². The molecule has 4 rings (SSSR count). The second kappa shape index (κ2) is 8.64. The Bertz CT molecular complexity index is 1120. The van der Waals surface area contributed by atoms with Gasteiger partial charge in [-0.2, -0.15) is 0 Å². The Morgan fingerprint density at radius 3 is 2.52 bits per heavy atom. The van der Waals surface area contributed by atoms with E-state index in [1.807, 2.05) is 72.8 Å². The zero-order valence-corrected chi connectivity index (χ0v) is 17.5. The number of rotatable bonds is 5. The van der Waals surface area contributed by atoms with Gasteiger partial charge in [-0.15, -0.1) is 0 Å². The van der Waals surface area contributed by atoms with Crippen molar-refractivity contribution >= 4 is 45.5 Å². The molecule has 1 heterocycles. The number of aliphatic imine (C=N–C) groups is 1. The first-order valence-electron chi connectivity index (χ1n) is 8.84. The van der Waals surface area contributed by atoms with Crippen LogP contribution in [0, 0.1) is 0 Å². The maximum atomic E-state index is 12.3. The summed E-state index contributed by atoms with van der Waals surface area (Å²) in [6.45, 7) is 0.382. The Balaban J connectivity index is 1.58. The summed E-state index contributed by atoms with van der Waals surface area (Å²) in [4.78, 5) is 16.7. The van der Waals surface area contributed by atoms with Crippen LogP contribution in [-0.4, -0.2) is 11.9 Å². The molecule has 0 aromatic heterocycles. The molecule has 29 heavy (non-hydrogen) atoms. The minimum atomic E-state index is -0.497. The van der Waals surface area contributed by atoms with Gasteiger partial charge in [-0.25, -0.2) is 9.79 Å². The molecular weight excluding hydrogens is 454 g/mol. The van der Waals surface area contributed by atoms with Gasteiger partial charge in [0.1, 0.15) is 12.4 Å². The maximum Gasteiger partial charge on any atom is 0.363 e. The standard InChI is InChI=1S/C23H15BrClNO3/c24-19-7-3-2-6-18(19)22-26-20(23(27)29-22)13-16-5-1-4-8-21(16)28-14-15-9-11-17(25)12-10-15/h1-13H,14H2/b20-13-. The topological polar surface area (TPSA) is 47.9 Å². The van der Waals surface area contributed by atoms with Gasteiger partial charge in [0, 0.05) is 15.1 Å². The minimum Gasteiger partial charge on any atom is -0.488 e. The Labute approximate surface area is 181 Å². The Morgan fingerprint density at radius 2 is 1.72 bits per heavy atom. The van der Waals surface area contributed by atoms with Gasteiger partial charge in [0.25, 0.3) is 0 Å². The molecule has 0 bridgehead atoms. The highest BCUT2D eigenvalue weighted by atomic mass is 79.9. The molecule has 0 N–H and O–H groups in total. The van der Waals surface area contributed by atoms with E-state index in [2.05, 4.69) is 20.9 Å². The highest BCUT2D eigenvalue weighted by Gasteiger charge is 2.25. The van der Waals surface area contributed by atoms with Crippen molar-refractivity contribution in [1.29, 1.82) is 0 Å². The highest BCUT2D eigenvalue weighted by Crippen LogP contribution is 2.27. The van der Waals surface area contributed by atoms with Crippen molar-refractivity contribution in [2.45, 2.75) is 6.61 Å². The van der Waals surface area contributed by atoms with E-state index in [0.29, 0.717) is 17.4 Å². The summed E-state index contributed by atoms with van der Waals surface area (Å²) in [5.74, 6) is 0.420. The average Bonchev–Trinajstić information content (AvgIpc) is 3.09. The monoisotopic (exact) mass is 467 g/mol. The summed E-state index contributed by atoms with van der Waals surface area (Å²) in [5.41, 5.74) is 2.67. The van der Waals surface area contributed by atoms with Crippen LogP contribution in [0.2, 0.25) is 5.02 Å². The van der Waals surface area contributed by atoms with Gasteiger partial charge in [-0.05, 0) is 57.9 Å². The number of esters is 1. The van der Waals surface area contributed by atoms with Crippen molar-refractivity contribution in [3.63, 3.8) is 0 Å². The number of carbonyl (C=O) groups excluding carboxylic acids is 1. The first-order chi connectivity index (χ1) is 14.1. The Kier molecular flexibility index (Phi) is 5.79. The van der Waals surface area contributed by atoms with E-state index in [4.69, 9.17) is 21.1 Å². The summed E-state index contributed by atoms with van der Waals surface area (Å²) in [5, 5.41) is 0.678. The predicted octanol–water partition coefficient (Wildman–Crippen LogP) is 6.03. The van der Waals surface area contributed by atoms with Crippen LogP contribution in [-0.2, 0) is 16.1 Å². The number of ether oxygens (including phenoxy) is 2. The molecule has 3 aromatic rings. The lowest BCUT2D eigenvalue weighted by Gasteiger charge is -2.09. The summed E-state index contributed by atoms with van der Waals surface area (Å²) < 4.78 is 12.1. The Morgan fingerprint density at radius 1 is 1.00 bits per heavy atom. The molecular formula is C23H15BrClNO3. The zero-order chi connectivity index (χ0) is 20.2. The zero-order valence-electron chi connectivity index (χ0n) is 15.1. The summed E-state index contributed by atoms with van der Waals surface area (Å²) >= 11 is 9.37. The van der Waals surface area contributed by atoms with Crippen LogP contribution >= 0.6 is 27.5 Å². The highest BCUT2D eigenvalue weighted by molar-refractivity contribution is 9.10. The van der Waals surface area contributed by atoms with Crippen molar-refractivity contribution in [2.24, 2.45) is 4.99 Å². The van der Waals surface area contributed by atoms with Gasteiger partial charge < -0.3 is 9.47 Å². The molecule has 1 aliphatic rings. The molecule has 144 valence electrons. The second-order valence-electron chi connectivity index (χ2n) is 6.27. The van der Waals surface area contributed by atoms with E-state index >= 15 is 0 Å². The fourth-order valence-corrected chi connectivity index (χ4v) is 3.36. The van der Waals surface area contributed by atoms with E-state index in [0.717, 1.165) is 21.2 Å². The number of hydrogen-bond acceptors (Lipinski definition) is 4. The van der Waals surface area contributed by atoms with Gasteiger partial charge in [0.2, 0.25) is 5.90 Å². The van der Waals surface area contributed by atoms with Crippen molar-refractivity contribution in [3.8, 4) is 5.75 Å². The van der Waals surface area contributed by atoms with E-state index < -0.39 is 5.97 Å². The lowest BCUT2D eigenvalue weighted by Crippen LogP contribution is -2.06. The van der Waals surface area contributed by atoms with Crippen molar-refractivity contribution in [2.75, 3.05) is 0 Å². The number of carbonyl (C=O) groups is 1. The quantitative estimate of drug-likeness (QED) is 0.339. The molecule has 0 spiro atoms. The van der Waals surface area contributed by atoms with E-state index in [-0.39, 0.29) is 11.6 Å². The largest absolute Gasteiger partial charge is 0.488 e. The number of benzene rings is 3. The van der Waals surface area contributed by atoms with E-state index in [1.54, 1.807) is 6.08 Å². The minimum absolute atomic E-state index is 0.221. The molecule has 0 amide bonds. The molecule has 0 saturated carbocycles. The van der Waals surface area contributed by atoms with Gasteiger partial charge in [0.15, 0.2) is 5.70 Å². The number of para-hydroxylation sites is 1. The van der Waals surface area contributed by atoms with Gasteiger partial charge in [-0.1, -0.05) is 54.1 Å². The summed E-state index contributed by atoms with van der Waals surface area (Å²) in [6.07, 6.45) is 1.67. The normalized spacial score (nSPS) is 14.6. The van der Waals surface area contributed by atoms with Crippen LogP contribution in [0.3, 0.4) is 0 Å². The van der Waals surface area contributed by atoms with Crippen LogP contribution in [0.15, 0.2) is 88.0 Å². The van der Waals surface area contributed by atoms with Crippen LogP contribution < -0.4 is 4.74 Å². The maximum absolute atomic E-state index is 12.3. The molecule has 4 nitrogen and oxygen atoms in total. The van der Waals surface area contributed by atoms with Crippen LogP contribution in [0.5, 0.6) is 5.75 Å². The van der Waals surface area contributed by atoms with E-state index in [9.17, 15) is 4.79 Å². The fourth-order valence-electron chi connectivity index (χ4n) is 2.78. The molecule has 6 heteroatoms. The number of cyclic esters (lactones) is 1. The molecule has 0 aliphatic carbocycles. The molecule has 0 fully saturated rings.